The van der Waals surface area contributed by atoms with Crippen LogP contribution in [0, 0.1) is 0 Å². The number of hydrogen-bond acceptors (Lipinski definition) is 6. The molecular formula is C19H24N8O. The number of rotatable bonds is 4. The summed E-state index contributed by atoms with van der Waals surface area (Å²) >= 11 is 0. The molecule has 3 heterocycles. The van der Waals surface area contributed by atoms with Gasteiger partial charge in [-0.15, -0.1) is 10.2 Å². The molecule has 9 heteroatoms. The summed E-state index contributed by atoms with van der Waals surface area (Å²) < 4.78 is 1.70. The van der Waals surface area contributed by atoms with Crippen molar-refractivity contribution in [1.29, 1.82) is 0 Å². The lowest BCUT2D eigenvalue weighted by molar-refractivity contribution is 0.0330. The molecule has 3 aromatic rings. The molecule has 146 valence electrons. The number of nitrogens with one attached hydrogen (secondary N) is 1. The van der Waals surface area contributed by atoms with Crippen molar-refractivity contribution in [2.24, 2.45) is 0 Å². The van der Waals surface area contributed by atoms with E-state index < -0.39 is 0 Å². The normalized spacial score (nSPS) is 20.5. The van der Waals surface area contributed by atoms with Gasteiger partial charge in [0.1, 0.15) is 0 Å². The smallest absolute Gasteiger partial charge is 0.274 e. The minimum absolute atomic E-state index is 0.0248. The number of piperazine rings is 1. The first-order valence-electron chi connectivity index (χ1n) is 9.51. The Kier molecular flexibility index (Phi) is 4.91. The van der Waals surface area contributed by atoms with E-state index in [4.69, 9.17) is 0 Å². The monoisotopic (exact) mass is 380 g/mol. The largest absolute Gasteiger partial charge is 0.332 e. The van der Waals surface area contributed by atoms with E-state index in [1.807, 2.05) is 29.2 Å². The third-order valence-corrected chi connectivity index (χ3v) is 5.30. The number of carbonyl (C=O) groups is 1. The van der Waals surface area contributed by atoms with Gasteiger partial charge in [-0.1, -0.05) is 19.1 Å². The number of likely N-dealkylation sites (N-methyl/N-ethyl adjacent to an activating group) is 1. The Morgan fingerprint density at radius 1 is 1.21 bits per heavy atom. The van der Waals surface area contributed by atoms with E-state index in [9.17, 15) is 4.79 Å². The second-order valence-electron chi connectivity index (χ2n) is 7.17. The summed E-state index contributed by atoms with van der Waals surface area (Å²) in [4.78, 5) is 17.4. The Labute approximate surface area is 163 Å². The van der Waals surface area contributed by atoms with Gasteiger partial charge in [0.05, 0.1) is 5.69 Å². The van der Waals surface area contributed by atoms with Crippen LogP contribution in [0.2, 0.25) is 0 Å². The Hall–Kier alpha value is -3.07. The molecule has 28 heavy (non-hydrogen) atoms. The Bertz CT molecular complexity index is 951. The van der Waals surface area contributed by atoms with Gasteiger partial charge in [-0.05, 0) is 43.8 Å². The van der Waals surface area contributed by atoms with Crippen LogP contribution in [0.5, 0.6) is 0 Å². The lowest BCUT2D eigenvalue weighted by Crippen LogP contribution is -2.57. The predicted molar refractivity (Wildman–Crippen MR) is 104 cm³/mol. The molecule has 0 aliphatic carbocycles. The third-order valence-electron chi connectivity index (χ3n) is 5.30. The Morgan fingerprint density at radius 3 is 2.82 bits per heavy atom. The van der Waals surface area contributed by atoms with E-state index in [1.54, 1.807) is 16.9 Å². The predicted octanol–water partition coefficient (Wildman–Crippen LogP) is 1.61. The van der Waals surface area contributed by atoms with Crippen LogP contribution in [0.3, 0.4) is 0 Å². The van der Waals surface area contributed by atoms with Gasteiger partial charge >= 0.3 is 0 Å². The fourth-order valence-corrected chi connectivity index (χ4v) is 3.72. The number of H-pyrrole nitrogens is 1. The Balaban J connectivity index is 1.55. The standard InChI is InChI=1S/C19H24N8O/c1-4-25-11-14(3)26(12-13(25)2)19(28)17-8-9-27(22-17)16-7-5-6-15(10-16)18-20-23-24-21-18/h5-10,13-14H,4,11-12H2,1-3H3,(H,20,21,23,24). The highest BCUT2D eigenvalue weighted by atomic mass is 16.2. The summed E-state index contributed by atoms with van der Waals surface area (Å²) in [6, 6.07) is 9.92. The zero-order valence-corrected chi connectivity index (χ0v) is 16.3. The van der Waals surface area contributed by atoms with E-state index in [-0.39, 0.29) is 11.9 Å². The summed E-state index contributed by atoms with van der Waals surface area (Å²) in [5.74, 6) is 0.491. The second kappa shape index (κ2) is 7.51. The van der Waals surface area contributed by atoms with Crippen LogP contribution in [0.25, 0.3) is 17.1 Å². The van der Waals surface area contributed by atoms with Crippen LogP contribution < -0.4 is 0 Å². The van der Waals surface area contributed by atoms with Gasteiger partial charge < -0.3 is 4.90 Å². The zero-order valence-electron chi connectivity index (χ0n) is 16.3. The van der Waals surface area contributed by atoms with E-state index in [2.05, 4.69) is 51.4 Å². The maximum atomic E-state index is 13.0. The average Bonchev–Trinajstić information content (AvgIpc) is 3.41. The first-order chi connectivity index (χ1) is 13.6. The molecule has 9 nitrogen and oxygen atoms in total. The molecule has 1 N–H and O–H groups in total. The molecule has 0 radical (unpaired) electrons. The number of tetrazole rings is 1. The third kappa shape index (κ3) is 3.40. The molecule has 0 saturated carbocycles. The summed E-state index contributed by atoms with van der Waals surface area (Å²) in [6.45, 7) is 9.02. The second-order valence-corrected chi connectivity index (χ2v) is 7.17. The fraction of sp³-hybridized carbons (Fsp3) is 0.421. The number of hydrogen-bond donors (Lipinski definition) is 1. The van der Waals surface area contributed by atoms with Crippen LogP contribution in [0.1, 0.15) is 31.3 Å². The SMILES string of the molecule is CCN1CC(C)N(C(=O)c2ccn(-c3cccc(-c4nn[nH]n4)c3)n2)CC1C. The van der Waals surface area contributed by atoms with Gasteiger partial charge in [-0.25, -0.2) is 4.68 Å². The van der Waals surface area contributed by atoms with Gasteiger partial charge in [0, 0.05) is 36.9 Å². The lowest BCUT2D eigenvalue weighted by Gasteiger charge is -2.43. The van der Waals surface area contributed by atoms with Crippen LogP contribution in [0.15, 0.2) is 36.5 Å². The van der Waals surface area contributed by atoms with Crippen molar-refractivity contribution >= 4 is 5.91 Å². The molecule has 2 atom stereocenters. The molecule has 1 aromatic carbocycles. The topological polar surface area (TPSA) is 95.8 Å². The van der Waals surface area contributed by atoms with Crippen LogP contribution in [-0.4, -0.2) is 77.8 Å². The van der Waals surface area contributed by atoms with Gasteiger partial charge in [0.2, 0.25) is 5.82 Å². The van der Waals surface area contributed by atoms with Crippen molar-refractivity contribution in [2.45, 2.75) is 32.9 Å². The molecule has 2 unspecified atom stereocenters. The zero-order chi connectivity index (χ0) is 19.7. The minimum atomic E-state index is -0.0248. The van der Waals surface area contributed by atoms with Crippen molar-refractivity contribution in [3.05, 3.63) is 42.2 Å². The van der Waals surface area contributed by atoms with Gasteiger partial charge in [0.25, 0.3) is 5.91 Å². The summed E-state index contributed by atoms with van der Waals surface area (Å²) in [7, 11) is 0. The maximum Gasteiger partial charge on any atom is 0.274 e. The lowest BCUT2D eigenvalue weighted by atomic mass is 10.1. The van der Waals surface area contributed by atoms with Gasteiger partial charge in [-0.2, -0.15) is 10.3 Å². The summed E-state index contributed by atoms with van der Waals surface area (Å²) in [5.41, 5.74) is 2.11. The van der Waals surface area contributed by atoms with Gasteiger partial charge in [0.15, 0.2) is 5.69 Å². The summed E-state index contributed by atoms with van der Waals surface area (Å²) in [6.07, 6.45) is 1.80. The number of aromatic nitrogens is 6. The molecule has 0 spiro atoms. The number of carbonyl (C=O) groups excluding carboxylic acids is 1. The first kappa shape index (κ1) is 18.3. The molecule has 1 saturated heterocycles. The highest BCUT2D eigenvalue weighted by Crippen LogP contribution is 2.20. The van der Waals surface area contributed by atoms with Crippen molar-refractivity contribution < 1.29 is 4.79 Å². The number of amides is 1. The molecule has 4 rings (SSSR count). The average molecular weight is 380 g/mol. The maximum absolute atomic E-state index is 13.0. The molecule has 1 amide bonds. The fourth-order valence-electron chi connectivity index (χ4n) is 3.72. The van der Waals surface area contributed by atoms with Crippen LogP contribution in [-0.2, 0) is 0 Å². The number of aromatic amines is 1. The summed E-state index contributed by atoms with van der Waals surface area (Å²) in [5, 5.41) is 18.6. The van der Waals surface area contributed by atoms with E-state index in [0.717, 1.165) is 24.3 Å². The quantitative estimate of drug-likeness (QED) is 0.739. The van der Waals surface area contributed by atoms with E-state index in [0.29, 0.717) is 24.1 Å². The van der Waals surface area contributed by atoms with Crippen molar-refractivity contribution in [2.75, 3.05) is 19.6 Å². The first-order valence-corrected chi connectivity index (χ1v) is 9.51. The number of nitrogens with zero attached hydrogens (tertiary/aromatic N) is 7. The number of benzene rings is 1. The van der Waals surface area contributed by atoms with E-state index >= 15 is 0 Å². The minimum Gasteiger partial charge on any atom is -0.332 e. The van der Waals surface area contributed by atoms with Crippen molar-refractivity contribution in [3.63, 3.8) is 0 Å². The van der Waals surface area contributed by atoms with Crippen LogP contribution >= 0.6 is 0 Å². The highest BCUT2D eigenvalue weighted by Gasteiger charge is 2.32. The Morgan fingerprint density at radius 2 is 2.07 bits per heavy atom. The van der Waals surface area contributed by atoms with Crippen molar-refractivity contribution in [1.82, 2.24) is 40.2 Å². The molecular weight excluding hydrogens is 356 g/mol. The highest BCUT2D eigenvalue weighted by molar-refractivity contribution is 5.92. The molecule has 0 bridgehead atoms. The van der Waals surface area contributed by atoms with Crippen LogP contribution in [0.4, 0.5) is 0 Å². The molecule has 1 aliphatic rings. The van der Waals surface area contributed by atoms with Crippen molar-refractivity contribution in [3.8, 4) is 17.1 Å². The van der Waals surface area contributed by atoms with E-state index in [1.165, 1.54) is 0 Å². The molecule has 1 fully saturated rings. The molecule has 2 aromatic heterocycles. The molecule has 1 aliphatic heterocycles. The van der Waals surface area contributed by atoms with Gasteiger partial charge in [-0.3, -0.25) is 9.69 Å².